The molecule has 0 fully saturated rings. The van der Waals surface area contributed by atoms with Gasteiger partial charge in [0.15, 0.2) is 11.5 Å². The lowest BCUT2D eigenvalue weighted by Gasteiger charge is -2.09. The van der Waals surface area contributed by atoms with Crippen LogP contribution in [0.4, 0.5) is 0 Å². The van der Waals surface area contributed by atoms with E-state index in [-0.39, 0.29) is 28.0 Å². The SMILES string of the molecule is COc1c(O)cc(O)c2c(=O)oc(CO)cc12. The zero-order chi connectivity index (χ0) is 12.6. The molecule has 1 aromatic carbocycles. The summed E-state index contributed by atoms with van der Waals surface area (Å²) in [4.78, 5) is 11.6. The van der Waals surface area contributed by atoms with Crippen molar-refractivity contribution < 1.29 is 24.5 Å². The number of phenols is 2. The smallest absolute Gasteiger partial charge is 0.347 e. The summed E-state index contributed by atoms with van der Waals surface area (Å²) in [5.41, 5.74) is -0.803. The molecule has 1 aromatic heterocycles. The van der Waals surface area contributed by atoms with Crippen LogP contribution in [0, 0.1) is 0 Å². The third-order valence-electron chi connectivity index (χ3n) is 2.37. The molecule has 0 bridgehead atoms. The molecule has 0 unspecified atom stereocenters. The number of rotatable bonds is 2. The molecule has 6 heteroatoms. The molecule has 0 aliphatic heterocycles. The van der Waals surface area contributed by atoms with Crippen molar-refractivity contribution in [1.29, 1.82) is 0 Å². The number of hydrogen-bond donors (Lipinski definition) is 3. The minimum Gasteiger partial charge on any atom is -0.507 e. The quantitative estimate of drug-likeness (QED) is 0.712. The molecule has 0 radical (unpaired) electrons. The predicted molar refractivity (Wildman–Crippen MR) is 58.3 cm³/mol. The number of aromatic hydroxyl groups is 2. The van der Waals surface area contributed by atoms with Crippen LogP contribution < -0.4 is 10.4 Å². The summed E-state index contributed by atoms with van der Waals surface area (Å²) in [6.07, 6.45) is 0. The highest BCUT2D eigenvalue weighted by Gasteiger charge is 2.16. The molecule has 90 valence electrons. The maximum absolute atomic E-state index is 11.6. The van der Waals surface area contributed by atoms with E-state index in [1.807, 2.05) is 0 Å². The number of hydrogen-bond acceptors (Lipinski definition) is 6. The van der Waals surface area contributed by atoms with Gasteiger partial charge in [0.25, 0.3) is 0 Å². The Morgan fingerprint density at radius 2 is 2.00 bits per heavy atom. The van der Waals surface area contributed by atoms with Gasteiger partial charge in [-0.2, -0.15) is 0 Å². The van der Waals surface area contributed by atoms with Crippen LogP contribution in [0.15, 0.2) is 21.3 Å². The molecule has 17 heavy (non-hydrogen) atoms. The van der Waals surface area contributed by atoms with Gasteiger partial charge < -0.3 is 24.5 Å². The topological polar surface area (TPSA) is 100 Å². The first-order chi connectivity index (χ1) is 8.08. The fourth-order valence-corrected chi connectivity index (χ4v) is 1.66. The average Bonchev–Trinajstić information content (AvgIpc) is 2.28. The van der Waals surface area contributed by atoms with Crippen LogP contribution in [-0.4, -0.2) is 22.4 Å². The average molecular weight is 238 g/mol. The Labute approximate surface area is 95.3 Å². The van der Waals surface area contributed by atoms with Crippen molar-refractivity contribution in [3.63, 3.8) is 0 Å². The van der Waals surface area contributed by atoms with Gasteiger partial charge in [-0.25, -0.2) is 4.79 Å². The Kier molecular flexibility index (Phi) is 2.64. The lowest BCUT2D eigenvalue weighted by molar-refractivity contribution is 0.240. The maximum atomic E-state index is 11.6. The maximum Gasteiger partial charge on any atom is 0.347 e. The predicted octanol–water partition coefficient (Wildman–Crippen LogP) is 0.705. The molecule has 1 heterocycles. The number of fused-ring (bicyclic) bond motifs is 1. The molecule has 2 rings (SSSR count). The first-order valence-electron chi connectivity index (χ1n) is 4.75. The zero-order valence-electron chi connectivity index (χ0n) is 8.93. The van der Waals surface area contributed by atoms with E-state index >= 15 is 0 Å². The third kappa shape index (κ3) is 1.68. The van der Waals surface area contributed by atoms with Gasteiger partial charge in [-0.05, 0) is 6.07 Å². The van der Waals surface area contributed by atoms with Gasteiger partial charge in [0.1, 0.15) is 23.5 Å². The second-order valence-electron chi connectivity index (χ2n) is 3.40. The van der Waals surface area contributed by atoms with E-state index in [0.717, 1.165) is 6.07 Å². The van der Waals surface area contributed by atoms with Crippen LogP contribution in [0.2, 0.25) is 0 Å². The Morgan fingerprint density at radius 3 is 2.59 bits per heavy atom. The normalized spacial score (nSPS) is 10.7. The van der Waals surface area contributed by atoms with Gasteiger partial charge in [-0.15, -0.1) is 0 Å². The fourth-order valence-electron chi connectivity index (χ4n) is 1.66. The lowest BCUT2D eigenvalue weighted by Crippen LogP contribution is -2.03. The highest BCUT2D eigenvalue weighted by atomic mass is 16.5. The summed E-state index contributed by atoms with van der Waals surface area (Å²) in [6, 6.07) is 2.33. The van der Waals surface area contributed by atoms with E-state index < -0.39 is 18.0 Å². The second kappa shape index (κ2) is 3.99. The van der Waals surface area contributed by atoms with Crippen LogP contribution >= 0.6 is 0 Å². The van der Waals surface area contributed by atoms with Crippen molar-refractivity contribution in [2.45, 2.75) is 6.61 Å². The number of benzene rings is 1. The van der Waals surface area contributed by atoms with Crippen LogP contribution in [0.25, 0.3) is 10.8 Å². The number of methoxy groups -OCH3 is 1. The molecule has 0 spiro atoms. The van der Waals surface area contributed by atoms with Crippen LogP contribution in [0.1, 0.15) is 5.76 Å². The summed E-state index contributed by atoms with van der Waals surface area (Å²) in [5.74, 6) is -0.644. The van der Waals surface area contributed by atoms with E-state index in [1.165, 1.54) is 13.2 Å². The Hall–Kier alpha value is -2.21. The van der Waals surface area contributed by atoms with Gasteiger partial charge in [0.05, 0.1) is 7.11 Å². The lowest BCUT2D eigenvalue weighted by atomic mass is 10.1. The van der Waals surface area contributed by atoms with Gasteiger partial charge >= 0.3 is 5.63 Å². The molecule has 0 amide bonds. The molecule has 0 saturated heterocycles. The molecule has 0 aliphatic rings. The minimum atomic E-state index is -0.803. The van der Waals surface area contributed by atoms with Crippen LogP contribution in [0.5, 0.6) is 17.2 Å². The highest BCUT2D eigenvalue weighted by molar-refractivity contribution is 5.94. The van der Waals surface area contributed by atoms with E-state index in [1.54, 1.807) is 0 Å². The van der Waals surface area contributed by atoms with Crippen LogP contribution in [-0.2, 0) is 6.61 Å². The van der Waals surface area contributed by atoms with Crippen molar-refractivity contribution in [1.82, 2.24) is 0 Å². The monoisotopic (exact) mass is 238 g/mol. The Bertz CT molecular complexity index is 628. The van der Waals surface area contributed by atoms with Crippen molar-refractivity contribution >= 4 is 10.8 Å². The first kappa shape index (κ1) is 11.3. The minimum absolute atomic E-state index is 0.0193. The zero-order valence-corrected chi connectivity index (χ0v) is 8.93. The second-order valence-corrected chi connectivity index (χ2v) is 3.40. The van der Waals surface area contributed by atoms with Crippen molar-refractivity contribution in [3.05, 3.63) is 28.3 Å². The molecule has 6 nitrogen and oxygen atoms in total. The molecule has 0 saturated carbocycles. The van der Waals surface area contributed by atoms with E-state index in [9.17, 15) is 15.0 Å². The summed E-state index contributed by atoms with van der Waals surface area (Å²) in [6.45, 7) is -0.468. The van der Waals surface area contributed by atoms with Crippen LogP contribution in [0.3, 0.4) is 0 Å². The van der Waals surface area contributed by atoms with Gasteiger partial charge in [-0.3, -0.25) is 0 Å². The summed E-state index contributed by atoms with van der Waals surface area (Å²) < 4.78 is 9.70. The molecule has 0 aliphatic carbocycles. The van der Waals surface area contributed by atoms with Gasteiger partial charge in [-0.1, -0.05) is 0 Å². The first-order valence-corrected chi connectivity index (χ1v) is 4.75. The summed E-state index contributed by atoms with van der Waals surface area (Å²) in [7, 11) is 1.32. The molecule has 3 N–H and O–H groups in total. The molecule has 2 aromatic rings. The molecular formula is C11H10O6. The Morgan fingerprint density at radius 1 is 1.29 bits per heavy atom. The summed E-state index contributed by atoms with van der Waals surface area (Å²) >= 11 is 0. The summed E-state index contributed by atoms with van der Waals surface area (Å²) in [5, 5.41) is 28.2. The number of ether oxygens (including phenoxy) is 1. The number of aliphatic hydroxyl groups is 1. The largest absolute Gasteiger partial charge is 0.507 e. The fraction of sp³-hybridized carbons (Fsp3) is 0.182. The van der Waals surface area contributed by atoms with Gasteiger partial charge in [0, 0.05) is 11.5 Å². The van der Waals surface area contributed by atoms with Gasteiger partial charge in [0.2, 0.25) is 0 Å². The number of aliphatic hydroxyl groups excluding tert-OH is 1. The van der Waals surface area contributed by atoms with Crippen molar-refractivity contribution in [3.8, 4) is 17.2 Å². The van der Waals surface area contributed by atoms with Crippen molar-refractivity contribution in [2.75, 3.05) is 7.11 Å². The Balaban J connectivity index is 2.99. The highest BCUT2D eigenvalue weighted by Crippen LogP contribution is 2.38. The number of phenolic OH excluding ortho intramolecular Hbond substituents is 2. The standard InChI is InChI=1S/C11H10O6/c1-16-10-6-2-5(4-12)17-11(15)9(6)7(13)3-8(10)14/h2-3,12-14H,4H2,1H3. The molecule has 0 atom stereocenters. The van der Waals surface area contributed by atoms with Crippen molar-refractivity contribution in [2.24, 2.45) is 0 Å². The van der Waals surface area contributed by atoms with E-state index in [4.69, 9.17) is 14.3 Å². The van der Waals surface area contributed by atoms with E-state index in [0.29, 0.717) is 0 Å². The third-order valence-corrected chi connectivity index (χ3v) is 2.37. The molecular weight excluding hydrogens is 228 g/mol. The van der Waals surface area contributed by atoms with E-state index in [2.05, 4.69) is 0 Å².